The summed E-state index contributed by atoms with van der Waals surface area (Å²) in [6.07, 6.45) is 1.53. The van der Waals surface area contributed by atoms with Gasteiger partial charge in [-0.1, -0.05) is 12.1 Å². The molecule has 1 aromatic carbocycles. The summed E-state index contributed by atoms with van der Waals surface area (Å²) in [6, 6.07) is 6.33. The highest BCUT2D eigenvalue weighted by Gasteiger charge is 2.10. The van der Waals surface area contributed by atoms with Gasteiger partial charge in [0.15, 0.2) is 5.78 Å². The van der Waals surface area contributed by atoms with Crippen LogP contribution in [0.3, 0.4) is 0 Å². The van der Waals surface area contributed by atoms with Crippen LogP contribution < -0.4 is 0 Å². The van der Waals surface area contributed by atoms with E-state index < -0.39 is 4.92 Å². The first-order valence-electron chi connectivity index (χ1n) is 4.45. The van der Waals surface area contributed by atoms with Crippen LogP contribution in [-0.4, -0.2) is 10.7 Å². The fourth-order valence-electron chi connectivity index (χ4n) is 1.11. The van der Waals surface area contributed by atoms with Crippen LogP contribution >= 0.6 is 0 Å². The minimum Gasteiger partial charge on any atom is -0.295 e. The second kappa shape index (κ2) is 4.50. The number of carbonyl (C=O) groups is 1. The number of hydrogen-bond donors (Lipinski definition) is 0. The van der Waals surface area contributed by atoms with Crippen LogP contribution in [0.2, 0.25) is 0 Å². The number of ketones is 1. The number of nitrogens with zero attached hydrogens (tertiary/aromatic N) is 1. The van der Waals surface area contributed by atoms with E-state index >= 15 is 0 Å². The van der Waals surface area contributed by atoms with Gasteiger partial charge in [-0.25, -0.2) is 0 Å². The molecular formula is C11H11NO3. The molecule has 0 aromatic heterocycles. The van der Waals surface area contributed by atoms with Crippen molar-refractivity contribution < 1.29 is 9.72 Å². The molecule has 0 saturated carbocycles. The molecule has 0 fully saturated rings. The van der Waals surface area contributed by atoms with Gasteiger partial charge in [-0.15, -0.1) is 0 Å². The van der Waals surface area contributed by atoms with Gasteiger partial charge in [0.25, 0.3) is 5.69 Å². The number of benzene rings is 1. The Morgan fingerprint density at radius 3 is 2.47 bits per heavy atom. The minimum atomic E-state index is -0.459. The molecule has 0 amide bonds. The van der Waals surface area contributed by atoms with Crippen LogP contribution in [0.15, 0.2) is 29.8 Å². The molecule has 15 heavy (non-hydrogen) atoms. The van der Waals surface area contributed by atoms with Crippen molar-refractivity contribution in [3.63, 3.8) is 0 Å². The van der Waals surface area contributed by atoms with Gasteiger partial charge in [-0.05, 0) is 31.6 Å². The fraction of sp³-hybridized carbons (Fsp3) is 0.182. The molecule has 0 aliphatic heterocycles. The largest absolute Gasteiger partial charge is 0.295 e. The van der Waals surface area contributed by atoms with Gasteiger partial charge in [0, 0.05) is 6.07 Å². The van der Waals surface area contributed by atoms with Crippen molar-refractivity contribution in [3.8, 4) is 0 Å². The van der Waals surface area contributed by atoms with Crippen molar-refractivity contribution in [2.24, 2.45) is 0 Å². The van der Waals surface area contributed by atoms with Crippen LogP contribution in [0.4, 0.5) is 5.69 Å². The van der Waals surface area contributed by atoms with Gasteiger partial charge in [0.2, 0.25) is 0 Å². The monoisotopic (exact) mass is 205 g/mol. The number of hydrogen-bond acceptors (Lipinski definition) is 3. The van der Waals surface area contributed by atoms with Crippen LogP contribution in [-0.2, 0) is 4.79 Å². The molecule has 0 N–H and O–H groups in total. The highest BCUT2D eigenvalue weighted by atomic mass is 16.6. The van der Waals surface area contributed by atoms with E-state index in [2.05, 4.69) is 0 Å². The zero-order chi connectivity index (χ0) is 11.4. The van der Waals surface area contributed by atoms with Crippen LogP contribution in [0, 0.1) is 10.1 Å². The molecule has 0 radical (unpaired) electrons. The summed E-state index contributed by atoms with van der Waals surface area (Å²) in [5.74, 6) is -0.0897. The molecule has 78 valence electrons. The molecule has 0 spiro atoms. The number of Topliss-reactive ketones (excluding diaryl/α,β-unsaturated/α-hetero) is 1. The lowest BCUT2D eigenvalue weighted by Crippen LogP contribution is -1.94. The van der Waals surface area contributed by atoms with Gasteiger partial charge < -0.3 is 0 Å². The number of rotatable bonds is 3. The Balaban J connectivity index is 3.20. The molecular weight excluding hydrogens is 194 g/mol. The summed E-state index contributed by atoms with van der Waals surface area (Å²) in [5, 5.41) is 10.7. The SMILES string of the molecule is CC(=O)C(C)=Cc1ccccc1[N+](=O)[O-]. The maximum Gasteiger partial charge on any atom is 0.276 e. The van der Waals surface area contributed by atoms with Gasteiger partial charge in [0.05, 0.1) is 10.5 Å². The number of para-hydroxylation sites is 1. The number of allylic oxidation sites excluding steroid dienone is 1. The molecule has 0 aliphatic rings. The van der Waals surface area contributed by atoms with E-state index in [-0.39, 0.29) is 11.5 Å². The Hall–Kier alpha value is -1.97. The Kier molecular flexibility index (Phi) is 3.33. The first-order valence-corrected chi connectivity index (χ1v) is 4.45. The van der Waals surface area contributed by atoms with Crippen molar-refractivity contribution in [1.29, 1.82) is 0 Å². The standard InChI is InChI=1S/C11H11NO3/c1-8(9(2)13)7-10-5-3-4-6-11(10)12(14)15/h3-7H,1-2H3. The highest BCUT2D eigenvalue weighted by molar-refractivity contribution is 5.97. The van der Waals surface area contributed by atoms with E-state index in [4.69, 9.17) is 0 Å². The quantitative estimate of drug-likeness (QED) is 0.433. The Labute approximate surface area is 87.4 Å². The molecule has 1 aromatic rings. The Bertz CT molecular complexity index is 435. The molecule has 0 atom stereocenters. The normalized spacial score (nSPS) is 11.2. The summed E-state index contributed by atoms with van der Waals surface area (Å²) in [4.78, 5) is 21.2. The van der Waals surface area contributed by atoms with Crippen LogP contribution in [0.5, 0.6) is 0 Å². The van der Waals surface area contributed by atoms with Crippen molar-refractivity contribution in [3.05, 3.63) is 45.5 Å². The number of nitro benzene ring substituents is 1. The molecule has 4 heteroatoms. The van der Waals surface area contributed by atoms with Crippen molar-refractivity contribution in [1.82, 2.24) is 0 Å². The molecule has 0 bridgehead atoms. The average molecular weight is 205 g/mol. The highest BCUT2D eigenvalue weighted by Crippen LogP contribution is 2.20. The summed E-state index contributed by atoms with van der Waals surface area (Å²) >= 11 is 0. The summed E-state index contributed by atoms with van der Waals surface area (Å²) in [7, 11) is 0. The smallest absolute Gasteiger partial charge is 0.276 e. The predicted octanol–water partition coefficient (Wildman–Crippen LogP) is 2.59. The molecule has 4 nitrogen and oxygen atoms in total. The predicted molar refractivity (Wildman–Crippen MR) is 57.4 cm³/mol. The van der Waals surface area contributed by atoms with Crippen LogP contribution in [0.25, 0.3) is 6.08 Å². The first kappa shape index (κ1) is 11.1. The number of nitro groups is 1. The van der Waals surface area contributed by atoms with E-state index in [0.29, 0.717) is 11.1 Å². The molecule has 1 rings (SSSR count). The molecule has 0 saturated heterocycles. The number of carbonyl (C=O) groups excluding carboxylic acids is 1. The lowest BCUT2D eigenvalue weighted by atomic mass is 10.1. The first-order chi connectivity index (χ1) is 7.02. The second-order valence-corrected chi connectivity index (χ2v) is 3.20. The van der Waals surface area contributed by atoms with Crippen LogP contribution in [0.1, 0.15) is 19.4 Å². The van der Waals surface area contributed by atoms with E-state index in [1.54, 1.807) is 25.1 Å². The maximum atomic E-state index is 11.0. The van der Waals surface area contributed by atoms with E-state index in [0.717, 1.165) is 0 Å². The average Bonchev–Trinajstić information content (AvgIpc) is 2.18. The lowest BCUT2D eigenvalue weighted by Gasteiger charge is -1.98. The van der Waals surface area contributed by atoms with Gasteiger partial charge >= 0.3 is 0 Å². The van der Waals surface area contributed by atoms with E-state index in [1.165, 1.54) is 19.1 Å². The summed E-state index contributed by atoms with van der Waals surface area (Å²) in [6.45, 7) is 3.07. The Morgan fingerprint density at radius 2 is 1.93 bits per heavy atom. The lowest BCUT2D eigenvalue weighted by molar-refractivity contribution is -0.385. The molecule has 0 aliphatic carbocycles. The van der Waals surface area contributed by atoms with Crippen molar-refractivity contribution >= 4 is 17.5 Å². The van der Waals surface area contributed by atoms with Gasteiger partial charge in [-0.2, -0.15) is 0 Å². The third-order valence-electron chi connectivity index (χ3n) is 2.06. The molecule has 0 heterocycles. The van der Waals surface area contributed by atoms with E-state index in [1.807, 2.05) is 0 Å². The third-order valence-corrected chi connectivity index (χ3v) is 2.06. The second-order valence-electron chi connectivity index (χ2n) is 3.20. The zero-order valence-corrected chi connectivity index (χ0v) is 8.56. The van der Waals surface area contributed by atoms with Gasteiger partial charge in [0.1, 0.15) is 0 Å². The topological polar surface area (TPSA) is 60.2 Å². The Morgan fingerprint density at radius 1 is 1.33 bits per heavy atom. The fourth-order valence-corrected chi connectivity index (χ4v) is 1.11. The third kappa shape index (κ3) is 2.74. The van der Waals surface area contributed by atoms with E-state index in [9.17, 15) is 14.9 Å². The zero-order valence-electron chi connectivity index (χ0n) is 8.56. The van der Waals surface area contributed by atoms with Crippen molar-refractivity contribution in [2.75, 3.05) is 0 Å². The van der Waals surface area contributed by atoms with Crippen molar-refractivity contribution in [2.45, 2.75) is 13.8 Å². The summed E-state index contributed by atoms with van der Waals surface area (Å²) in [5.41, 5.74) is 0.970. The maximum absolute atomic E-state index is 11.0. The summed E-state index contributed by atoms with van der Waals surface area (Å²) < 4.78 is 0. The van der Waals surface area contributed by atoms with Gasteiger partial charge in [-0.3, -0.25) is 14.9 Å². The molecule has 0 unspecified atom stereocenters. The minimum absolute atomic E-state index is 0.0121.